The van der Waals surface area contributed by atoms with Crippen LogP contribution in [-0.2, 0) is 11.3 Å². The second-order valence-electron chi connectivity index (χ2n) is 5.00. The Hall–Kier alpha value is -0.940. The second-order valence-corrected chi connectivity index (χ2v) is 5.00. The first-order valence-corrected chi connectivity index (χ1v) is 6.61. The van der Waals surface area contributed by atoms with Crippen molar-refractivity contribution < 1.29 is 4.74 Å². The predicted octanol–water partition coefficient (Wildman–Crippen LogP) is 1.57. The van der Waals surface area contributed by atoms with E-state index < -0.39 is 0 Å². The molecule has 0 radical (unpaired) electrons. The molecule has 94 valence electrons. The van der Waals surface area contributed by atoms with Gasteiger partial charge >= 0.3 is 0 Å². The monoisotopic (exact) mass is 236 g/mol. The standard InChI is InChI=1S/C12H20N4O/c1-3-9-11-14-15-12(16(11)7-6-13-9)10-5-4-8(2)17-10/h8-10,13H,3-7H2,1-2H3. The molecular weight excluding hydrogens is 216 g/mol. The van der Waals surface area contributed by atoms with Gasteiger partial charge in [-0.15, -0.1) is 10.2 Å². The molecule has 3 atom stereocenters. The van der Waals surface area contributed by atoms with Crippen LogP contribution in [0.1, 0.15) is 56.9 Å². The molecule has 1 saturated heterocycles. The van der Waals surface area contributed by atoms with Crippen LogP contribution in [0.4, 0.5) is 0 Å². The third-order valence-corrected chi connectivity index (χ3v) is 3.77. The Bertz CT molecular complexity index is 403. The van der Waals surface area contributed by atoms with Gasteiger partial charge < -0.3 is 14.6 Å². The van der Waals surface area contributed by atoms with Gasteiger partial charge in [-0.2, -0.15) is 0 Å². The minimum atomic E-state index is 0.154. The number of ether oxygens (including phenoxy) is 1. The summed E-state index contributed by atoms with van der Waals surface area (Å²) < 4.78 is 8.15. The van der Waals surface area contributed by atoms with Crippen LogP contribution < -0.4 is 5.32 Å². The summed E-state index contributed by atoms with van der Waals surface area (Å²) in [5, 5.41) is 12.2. The molecule has 1 aromatic heterocycles. The number of hydrogen-bond acceptors (Lipinski definition) is 4. The predicted molar refractivity (Wildman–Crippen MR) is 63.6 cm³/mol. The van der Waals surface area contributed by atoms with Crippen molar-refractivity contribution in [2.45, 2.75) is 57.9 Å². The molecule has 0 aromatic carbocycles. The molecule has 2 aliphatic heterocycles. The van der Waals surface area contributed by atoms with Gasteiger partial charge in [0.05, 0.1) is 12.1 Å². The highest BCUT2D eigenvalue weighted by Crippen LogP contribution is 2.33. The molecule has 0 saturated carbocycles. The first-order valence-electron chi connectivity index (χ1n) is 6.61. The Morgan fingerprint density at radius 3 is 2.88 bits per heavy atom. The lowest BCUT2D eigenvalue weighted by Crippen LogP contribution is -2.34. The summed E-state index contributed by atoms with van der Waals surface area (Å²) in [6.07, 6.45) is 3.77. The van der Waals surface area contributed by atoms with Crippen LogP contribution in [0.15, 0.2) is 0 Å². The Labute approximate surface area is 102 Å². The summed E-state index contributed by atoms with van der Waals surface area (Å²) in [5.74, 6) is 2.11. The van der Waals surface area contributed by atoms with Gasteiger partial charge in [0.25, 0.3) is 0 Å². The molecular formula is C12H20N4O. The van der Waals surface area contributed by atoms with Crippen molar-refractivity contribution in [3.8, 4) is 0 Å². The highest BCUT2D eigenvalue weighted by molar-refractivity contribution is 5.07. The molecule has 0 amide bonds. The second kappa shape index (κ2) is 4.38. The maximum Gasteiger partial charge on any atom is 0.162 e. The maximum atomic E-state index is 5.90. The molecule has 3 unspecified atom stereocenters. The Morgan fingerprint density at radius 2 is 2.18 bits per heavy atom. The largest absolute Gasteiger partial charge is 0.367 e. The number of nitrogens with one attached hydrogen (secondary N) is 1. The fourth-order valence-corrected chi connectivity index (χ4v) is 2.81. The van der Waals surface area contributed by atoms with Gasteiger partial charge in [0.2, 0.25) is 0 Å². The van der Waals surface area contributed by atoms with Crippen LogP contribution in [0.3, 0.4) is 0 Å². The topological polar surface area (TPSA) is 52.0 Å². The normalized spacial score (nSPS) is 32.7. The lowest BCUT2D eigenvalue weighted by Gasteiger charge is -2.25. The van der Waals surface area contributed by atoms with E-state index in [9.17, 15) is 0 Å². The van der Waals surface area contributed by atoms with E-state index in [-0.39, 0.29) is 6.10 Å². The molecule has 2 aliphatic rings. The smallest absolute Gasteiger partial charge is 0.162 e. The van der Waals surface area contributed by atoms with Crippen LogP contribution in [0.2, 0.25) is 0 Å². The highest BCUT2D eigenvalue weighted by Gasteiger charge is 2.31. The number of hydrogen-bond donors (Lipinski definition) is 1. The van der Waals surface area contributed by atoms with E-state index in [2.05, 4.69) is 33.9 Å². The average Bonchev–Trinajstić information content (AvgIpc) is 2.94. The summed E-state index contributed by atoms with van der Waals surface area (Å²) in [6, 6.07) is 0.351. The Morgan fingerprint density at radius 1 is 1.35 bits per heavy atom. The zero-order valence-electron chi connectivity index (χ0n) is 10.5. The number of fused-ring (bicyclic) bond motifs is 1. The molecule has 1 N–H and O–H groups in total. The number of aromatic nitrogens is 3. The van der Waals surface area contributed by atoms with Gasteiger partial charge in [0.1, 0.15) is 11.9 Å². The molecule has 17 heavy (non-hydrogen) atoms. The molecule has 3 rings (SSSR count). The van der Waals surface area contributed by atoms with E-state index >= 15 is 0 Å². The van der Waals surface area contributed by atoms with Gasteiger partial charge in [0.15, 0.2) is 5.82 Å². The summed E-state index contributed by atoms with van der Waals surface area (Å²) in [4.78, 5) is 0. The average molecular weight is 236 g/mol. The quantitative estimate of drug-likeness (QED) is 0.847. The summed E-state index contributed by atoms with van der Waals surface area (Å²) in [7, 11) is 0. The molecule has 0 bridgehead atoms. The van der Waals surface area contributed by atoms with Gasteiger partial charge in [0, 0.05) is 13.1 Å². The van der Waals surface area contributed by atoms with Crippen LogP contribution >= 0.6 is 0 Å². The van der Waals surface area contributed by atoms with E-state index in [1.165, 1.54) is 0 Å². The van der Waals surface area contributed by atoms with Crippen LogP contribution in [-0.4, -0.2) is 27.4 Å². The maximum absolute atomic E-state index is 5.90. The van der Waals surface area contributed by atoms with Crippen molar-refractivity contribution in [1.29, 1.82) is 0 Å². The van der Waals surface area contributed by atoms with E-state index in [1.54, 1.807) is 0 Å². The molecule has 1 aromatic rings. The SMILES string of the molecule is CCC1NCCn2c1nnc2C1CCC(C)O1. The van der Waals surface area contributed by atoms with Crippen LogP contribution in [0.5, 0.6) is 0 Å². The first kappa shape index (κ1) is 11.2. The van der Waals surface area contributed by atoms with E-state index in [1.807, 2.05) is 0 Å². The minimum Gasteiger partial charge on any atom is -0.367 e. The highest BCUT2D eigenvalue weighted by atomic mass is 16.5. The zero-order chi connectivity index (χ0) is 11.8. The van der Waals surface area contributed by atoms with Gasteiger partial charge in [-0.1, -0.05) is 6.92 Å². The Balaban J connectivity index is 1.89. The van der Waals surface area contributed by atoms with Crippen molar-refractivity contribution >= 4 is 0 Å². The molecule has 1 fully saturated rings. The fourth-order valence-electron chi connectivity index (χ4n) is 2.81. The van der Waals surface area contributed by atoms with Gasteiger partial charge in [-0.05, 0) is 26.2 Å². The van der Waals surface area contributed by atoms with Crippen molar-refractivity contribution in [1.82, 2.24) is 20.1 Å². The number of nitrogens with zero attached hydrogens (tertiary/aromatic N) is 3. The van der Waals surface area contributed by atoms with Crippen molar-refractivity contribution in [2.24, 2.45) is 0 Å². The van der Waals surface area contributed by atoms with Gasteiger partial charge in [-0.25, -0.2) is 0 Å². The fraction of sp³-hybridized carbons (Fsp3) is 0.833. The third kappa shape index (κ3) is 1.87. The molecule has 5 heteroatoms. The van der Waals surface area contributed by atoms with Gasteiger partial charge in [-0.3, -0.25) is 0 Å². The molecule has 0 spiro atoms. The lowest BCUT2D eigenvalue weighted by molar-refractivity contribution is 0.0474. The van der Waals surface area contributed by atoms with Crippen LogP contribution in [0.25, 0.3) is 0 Å². The Kier molecular flexibility index (Phi) is 2.88. The third-order valence-electron chi connectivity index (χ3n) is 3.77. The van der Waals surface area contributed by atoms with Crippen LogP contribution in [0, 0.1) is 0 Å². The summed E-state index contributed by atoms with van der Waals surface area (Å²) >= 11 is 0. The summed E-state index contributed by atoms with van der Waals surface area (Å²) in [6.45, 7) is 6.26. The molecule has 0 aliphatic carbocycles. The summed E-state index contributed by atoms with van der Waals surface area (Å²) in [5.41, 5.74) is 0. The van der Waals surface area contributed by atoms with Crippen molar-refractivity contribution in [3.63, 3.8) is 0 Å². The number of rotatable bonds is 2. The van der Waals surface area contributed by atoms with Crippen molar-refractivity contribution in [3.05, 3.63) is 11.6 Å². The first-order chi connectivity index (χ1) is 8.29. The van der Waals surface area contributed by atoms with E-state index in [0.29, 0.717) is 12.1 Å². The zero-order valence-corrected chi connectivity index (χ0v) is 10.5. The lowest BCUT2D eigenvalue weighted by atomic mass is 10.1. The minimum absolute atomic E-state index is 0.154. The molecule has 5 nitrogen and oxygen atoms in total. The van der Waals surface area contributed by atoms with E-state index in [0.717, 1.165) is 44.0 Å². The molecule has 3 heterocycles. The van der Waals surface area contributed by atoms with E-state index in [4.69, 9.17) is 4.74 Å². The van der Waals surface area contributed by atoms with Crippen molar-refractivity contribution in [2.75, 3.05) is 6.54 Å².